The number of para-hydroxylation sites is 1. The summed E-state index contributed by atoms with van der Waals surface area (Å²) in [5, 5.41) is 9.67. The third-order valence-corrected chi connectivity index (χ3v) is 5.68. The molecule has 5 heteroatoms. The predicted molar refractivity (Wildman–Crippen MR) is 119 cm³/mol. The minimum absolute atomic E-state index is 0.383. The van der Waals surface area contributed by atoms with Gasteiger partial charge >= 0.3 is 5.97 Å². The van der Waals surface area contributed by atoms with Gasteiger partial charge in [-0.25, -0.2) is 0 Å². The molecule has 4 rings (SSSR count). The largest absolute Gasteiger partial charge is 0.481 e. The van der Waals surface area contributed by atoms with E-state index in [0.717, 1.165) is 40.1 Å². The number of aliphatic carboxylic acids is 1. The Morgan fingerprint density at radius 3 is 2.63 bits per heavy atom. The second-order valence-electron chi connectivity index (χ2n) is 7.92. The third-order valence-electron chi connectivity index (χ3n) is 5.68. The Balaban J connectivity index is 1.70. The van der Waals surface area contributed by atoms with E-state index in [1.165, 1.54) is 0 Å². The van der Waals surface area contributed by atoms with Crippen LogP contribution in [0.15, 0.2) is 66.7 Å². The van der Waals surface area contributed by atoms with Crippen molar-refractivity contribution >= 4 is 11.7 Å². The van der Waals surface area contributed by atoms with Crippen molar-refractivity contribution in [2.45, 2.75) is 24.8 Å². The maximum atomic E-state index is 11.8. The number of hydrogen-bond acceptors (Lipinski definition) is 4. The van der Waals surface area contributed by atoms with Gasteiger partial charge in [0.1, 0.15) is 11.5 Å². The number of anilines is 1. The summed E-state index contributed by atoms with van der Waals surface area (Å²) in [6.45, 7) is 0. The Hall–Kier alpha value is -3.31. The van der Waals surface area contributed by atoms with Gasteiger partial charge in [-0.2, -0.15) is 0 Å². The van der Waals surface area contributed by atoms with Crippen LogP contribution in [0.2, 0.25) is 0 Å². The molecule has 0 spiro atoms. The summed E-state index contributed by atoms with van der Waals surface area (Å²) in [6.07, 6.45) is 1.46. The molecule has 0 amide bonds. The average molecular weight is 402 g/mol. The maximum Gasteiger partial charge on any atom is 0.312 e. The summed E-state index contributed by atoms with van der Waals surface area (Å²) in [6, 6.07) is 21.5. The topological polar surface area (TPSA) is 75.8 Å². The van der Waals surface area contributed by atoms with Crippen LogP contribution in [0.4, 0.5) is 5.69 Å². The number of nitrogens with two attached hydrogens (primary N) is 1. The van der Waals surface area contributed by atoms with E-state index in [1.54, 1.807) is 0 Å². The zero-order chi connectivity index (χ0) is 21.3. The van der Waals surface area contributed by atoms with E-state index >= 15 is 0 Å². The number of ether oxygens (including phenoxy) is 1. The van der Waals surface area contributed by atoms with Crippen LogP contribution in [0.25, 0.3) is 11.1 Å². The van der Waals surface area contributed by atoms with Gasteiger partial charge in [0, 0.05) is 31.4 Å². The van der Waals surface area contributed by atoms with Crippen LogP contribution in [-0.4, -0.2) is 31.2 Å². The van der Waals surface area contributed by atoms with Crippen molar-refractivity contribution in [3.63, 3.8) is 0 Å². The van der Waals surface area contributed by atoms with Gasteiger partial charge in [-0.1, -0.05) is 36.4 Å². The van der Waals surface area contributed by atoms with Gasteiger partial charge in [0.05, 0.1) is 5.92 Å². The van der Waals surface area contributed by atoms with Crippen LogP contribution in [-0.2, 0) is 11.2 Å². The molecule has 1 aliphatic rings. The van der Waals surface area contributed by atoms with Crippen LogP contribution in [0.3, 0.4) is 0 Å². The first-order valence-corrected chi connectivity index (χ1v) is 10.1. The molecule has 2 unspecified atom stereocenters. The molecule has 0 radical (unpaired) electrons. The van der Waals surface area contributed by atoms with Gasteiger partial charge in [0.25, 0.3) is 0 Å². The quantitative estimate of drug-likeness (QED) is 0.649. The van der Waals surface area contributed by atoms with Crippen molar-refractivity contribution in [1.29, 1.82) is 0 Å². The maximum absolute atomic E-state index is 11.8. The molecule has 3 aromatic carbocycles. The second-order valence-corrected chi connectivity index (χ2v) is 7.92. The highest BCUT2D eigenvalue weighted by atomic mass is 16.5. The highest BCUT2D eigenvalue weighted by molar-refractivity contribution is 5.79. The summed E-state index contributed by atoms with van der Waals surface area (Å²) in [7, 11) is 4.02. The highest BCUT2D eigenvalue weighted by Gasteiger charge is 2.33. The fourth-order valence-corrected chi connectivity index (χ4v) is 4.06. The Labute approximate surface area is 176 Å². The van der Waals surface area contributed by atoms with Gasteiger partial charge in [-0.05, 0) is 59.9 Å². The molecule has 0 fully saturated rings. The van der Waals surface area contributed by atoms with Crippen LogP contribution < -0.4 is 15.4 Å². The molecule has 30 heavy (non-hydrogen) atoms. The summed E-state index contributed by atoms with van der Waals surface area (Å²) >= 11 is 0. The van der Waals surface area contributed by atoms with Gasteiger partial charge in [-0.3, -0.25) is 4.79 Å². The van der Waals surface area contributed by atoms with Gasteiger partial charge in [-0.15, -0.1) is 0 Å². The van der Waals surface area contributed by atoms with Gasteiger partial charge < -0.3 is 20.5 Å². The summed E-state index contributed by atoms with van der Waals surface area (Å²) in [5.74, 6) is -0.253. The molecule has 5 nitrogen and oxygen atoms in total. The van der Waals surface area contributed by atoms with Crippen LogP contribution >= 0.6 is 0 Å². The lowest BCUT2D eigenvalue weighted by atomic mass is 9.79. The number of rotatable bonds is 5. The number of carboxylic acids is 1. The number of benzene rings is 3. The Bertz CT molecular complexity index is 1080. The summed E-state index contributed by atoms with van der Waals surface area (Å²) in [5.41, 5.74) is 11.0. The standard InChI is InChI=1S/C25H26N2O3/c1-27(2)18-7-5-6-17(14-18)20-8-3-4-9-23(20)30-19-12-10-16-11-13-22(26)24(25(28)29)21(16)15-19/h3-10,12,14-15,22,24H,11,13,26H2,1-2H3,(H,28,29). The van der Waals surface area contributed by atoms with Crippen molar-refractivity contribution in [2.24, 2.45) is 5.73 Å². The molecule has 0 saturated heterocycles. The minimum atomic E-state index is -0.887. The van der Waals surface area contributed by atoms with E-state index < -0.39 is 11.9 Å². The Kier molecular flexibility index (Phi) is 5.46. The number of carbonyl (C=O) groups is 1. The van der Waals surface area contributed by atoms with Crippen LogP contribution in [0.1, 0.15) is 23.5 Å². The van der Waals surface area contributed by atoms with Crippen molar-refractivity contribution < 1.29 is 14.6 Å². The summed E-state index contributed by atoms with van der Waals surface area (Å²) < 4.78 is 6.25. The molecule has 1 aliphatic carbocycles. The first kappa shape index (κ1) is 20.0. The monoisotopic (exact) mass is 402 g/mol. The van der Waals surface area contributed by atoms with Crippen molar-refractivity contribution in [2.75, 3.05) is 19.0 Å². The molecule has 0 saturated carbocycles. The van der Waals surface area contributed by atoms with E-state index in [9.17, 15) is 9.90 Å². The number of carboxylic acid groups (broad SMARTS) is 1. The molecule has 3 N–H and O–H groups in total. The zero-order valence-corrected chi connectivity index (χ0v) is 17.2. The smallest absolute Gasteiger partial charge is 0.312 e. The highest BCUT2D eigenvalue weighted by Crippen LogP contribution is 2.38. The number of nitrogens with zero attached hydrogens (tertiary/aromatic N) is 1. The lowest BCUT2D eigenvalue weighted by molar-refractivity contribution is -0.139. The Morgan fingerprint density at radius 1 is 1.07 bits per heavy atom. The van der Waals surface area contributed by atoms with E-state index in [2.05, 4.69) is 23.1 Å². The fraction of sp³-hybridized carbons (Fsp3) is 0.240. The molecule has 0 aliphatic heterocycles. The predicted octanol–water partition coefficient (Wildman–Crippen LogP) is 4.65. The van der Waals surface area contributed by atoms with Crippen LogP contribution in [0, 0.1) is 0 Å². The molecule has 154 valence electrons. The van der Waals surface area contributed by atoms with Gasteiger partial charge in [0.15, 0.2) is 0 Å². The van der Waals surface area contributed by atoms with E-state index in [1.807, 2.05) is 62.6 Å². The van der Waals surface area contributed by atoms with E-state index in [4.69, 9.17) is 10.5 Å². The third kappa shape index (κ3) is 3.89. The van der Waals surface area contributed by atoms with E-state index in [0.29, 0.717) is 12.2 Å². The molecule has 0 heterocycles. The molecular weight excluding hydrogens is 376 g/mol. The molecular formula is C25H26N2O3. The summed E-state index contributed by atoms with van der Waals surface area (Å²) in [4.78, 5) is 13.9. The molecule has 0 aromatic heterocycles. The molecule has 2 atom stereocenters. The first-order valence-electron chi connectivity index (χ1n) is 10.1. The molecule has 3 aromatic rings. The van der Waals surface area contributed by atoms with Crippen molar-refractivity contribution in [1.82, 2.24) is 0 Å². The molecule has 0 bridgehead atoms. The first-order chi connectivity index (χ1) is 14.4. The number of fused-ring (bicyclic) bond motifs is 1. The Morgan fingerprint density at radius 2 is 1.87 bits per heavy atom. The van der Waals surface area contributed by atoms with Gasteiger partial charge in [0.2, 0.25) is 0 Å². The lowest BCUT2D eigenvalue weighted by Gasteiger charge is -2.28. The van der Waals surface area contributed by atoms with Crippen molar-refractivity contribution in [3.05, 3.63) is 77.9 Å². The SMILES string of the molecule is CN(C)c1cccc(-c2ccccc2Oc2ccc3c(c2)C(C(=O)O)C(N)CC3)c1. The fourth-order valence-electron chi connectivity index (χ4n) is 4.06. The van der Waals surface area contributed by atoms with Crippen molar-refractivity contribution in [3.8, 4) is 22.6 Å². The number of hydrogen-bond donors (Lipinski definition) is 2. The van der Waals surface area contributed by atoms with Crippen LogP contribution in [0.5, 0.6) is 11.5 Å². The zero-order valence-electron chi connectivity index (χ0n) is 17.2. The van der Waals surface area contributed by atoms with E-state index in [-0.39, 0.29) is 6.04 Å². The lowest BCUT2D eigenvalue weighted by Crippen LogP contribution is -2.37. The number of aryl methyl sites for hydroxylation is 1. The average Bonchev–Trinajstić information content (AvgIpc) is 2.73. The normalized spacial score (nSPS) is 17.8. The minimum Gasteiger partial charge on any atom is -0.481 e. The second kappa shape index (κ2) is 8.20.